The van der Waals surface area contributed by atoms with E-state index in [9.17, 15) is 4.79 Å². The summed E-state index contributed by atoms with van der Waals surface area (Å²) in [4.78, 5) is 12.1. The molecule has 4 bridgehead atoms. The van der Waals surface area contributed by atoms with Gasteiger partial charge in [0.15, 0.2) is 0 Å². The Kier molecular flexibility index (Phi) is 4.32. The Morgan fingerprint density at radius 2 is 1.80 bits per heavy atom. The van der Waals surface area contributed by atoms with E-state index >= 15 is 0 Å². The zero-order valence-corrected chi connectivity index (χ0v) is 13.4. The van der Waals surface area contributed by atoms with Crippen LogP contribution in [0.2, 0.25) is 0 Å². The molecule has 114 valence electrons. The van der Waals surface area contributed by atoms with Crippen molar-refractivity contribution < 1.29 is 4.79 Å². The molecule has 4 heteroatoms. The second-order valence-corrected chi connectivity index (χ2v) is 8.51. The number of rotatable bonds is 6. The van der Waals surface area contributed by atoms with Crippen molar-refractivity contribution in [3.8, 4) is 0 Å². The van der Waals surface area contributed by atoms with Gasteiger partial charge in [0.05, 0.1) is 6.04 Å². The number of nitrogens with two attached hydrogens (primary N) is 1. The first-order chi connectivity index (χ1) is 9.60. The molecule has 0 unspecified atom stereocenters. The molecule has 0 radical (unpaired) electrons. The van der Waals surface area contributed by atoms with Crippen LogP contribution in [0, 0.1) is 23.2 Å². The van der Waals surface area contributed by atoms with Gasteiger partial charge in [0.25, 0.3) is 0 Å². The van der Waals surface area contributed by atoms with Gasteiger partial charge in [-0.2, -0.15) is 11.8 Å². The van der Waals surface area contributed by atoms with Crippen molar-refractivity contribution in [2.45, 2.75) is 51.0 Å². The first-order valence-electron chi connectivity index (χ1n) is 8.12. The molecule has 1 atom stereocenters. The highest BCUT2D eigenvalue weighted by Gasteiger charge is 2.50. The Hall–Kier alpha value is -0.220. The minimum atomic E-state index is -0.323. The van der Waals surface area contributed by atoms with Gasteiger partial charge in [-0.25, -0.2) is 0 Å². The zero-order chi connectivity index (χ0) is 14.2. The fraction of sp³-hybridized carbons (Fsp3) is 0.938. The van der Waals surface area contributed by atoms with Crippen molar-refractivity contribution >= 4 is 17.7 Å². The predicted octanol–water partition coefficient (Wildman–Crippen LogP) is 2.40. The SMILES string of the molecule is CSCC[C@@H](N)C(=O)NCC12CC3CC(CC(C3)C1)C2. The van der Waals surface area contributed by atoms with E-state index in [1.807, 2.05) is 0 Å². The van der Waals surface area contributed by atoms with Gasteiger partial charge >= 0.3 is 0 Å². The highest BCUT2D eigenvalue weighted by atomic mass is 32.2. The standard InChI is InChI=1S/C16H28N2OS/c1-20-3-2-14(17)15(19)18-10-16-7-11-4-12(8-16)6-13(5-11)9-16/h11-14H,2-10,17H2,1H3,(H,18,19)/t11?,12?,13?,14-,16?/m1/s1. The summed E-state index contributed by atoms with van der Waals surface area (Å²) in [6.45, 7) is 0.877. The summed E-state index contributed by atoms with van der Waals surface area (Å²) in [7, 11) is 0. The maximum Gasteiger partial charge on any atom is 0.236 e. The molecule has 0 heterocycles. The van der Waals surface area contributed by atoms with Crippen LogP contribution >= 0.6 is 11.8 Å². The molecular weight excluding hydrogens is 268 g/mol. The van der Waals surface area contributed by atoms with Crippen LogP contribution in [0.15, 0.2) is 0 Å². The van der Waals surface area contributed by atoms with E-state index in [1.54, 1.807) is 11.8 Å². The molecule has 3 N–H and O–H groups in total. The maximum absolute atomic E-state index is 12.1. The number of carbonyl (C=O) groups is 1. The van der Waals surface area contributed by atoms with E-state index in [1.165, 1.54) is 38.5 Å². The predicted molar refractivity (Wildman–Crippen MR) is 84.6 cm³/mol. The van der Waals surface area contributed by atoms with Gasteiger partial charge in [-0.1, -0.05) is 0 Å². The van der Waals surface area contributed by atoms with Crippen LogP contribution in [0.25, 0.3) is 0 Å². The van der Waals surface area contributed by atoms with Crippen LogP contribution < -0.4 is 11.1 Å². The average molecular weight is 296 g/mol. The fourth-order valence-corrected chi connectivity index (χ4v) is 5.78. The summed E-state index contributed by atoms with van der Waals surface area (Å²) in [5, 5.41) is 3.18. The van der Waals surface area contributed by atoms with Crippen LogP contribution in [0.5, 0.6) is 0 Å². The van der Waals surface area contributed by atoms with E-state index in [-0.39, 0.29) is 11.9 Å². The molecule has 4 saturated carbocycles. The van der Waals surface area contributed by atoms with Crippen LogP contribution in [0.3, 0.4) is 0 Å². The third-order valence-electron chi connectivity index (χ3n) is 5.77. The van der Waals surface area contributed by atoms with Gasteiger partial charge in [0.2, 0.25) is 5.91 Å². The summed E-state index contributed by atoms with van der Waals surface area (Å²) in [5.74, 6) is 3.87. The van der Waals surface area contributed by atoms with Crippen LogP contribution in [0.1, 0.15) is 44.9 Å². The average Bonchev–Trinajstić information content (AvgIpc) is 2.40. The lowest BCUT2D eigenvalue weighted by atomic mass is 9.49. The minimum Gasteiger partial charge on any atom is -0.354 e. The van der Waals surface area contributed by atoms with Gasteiger partial charge in [-0.3, -0.25) is 4.79 Å². The van der Waals surface area contributed by atoms with Gasteiger partial charge in [0.1, 0.15) is 0 Å². The number of thioether (sulfide) groups is 1. The molecule has 4 aliphatic rings. The van der Waals surface area contributed by atoms with Crippen LogP contribution in [-0.4, -0.2) is 30.5 Å². The van der Waals surface area contributed by atoms with Crippen molar-refractivity contribution in [3.05, 3.63) is 0 Å². The normalized spacial score (nSPS) is 39.8. The quantitative estimate of drug-likeness (QED) is 0.791. The van der Waals surface area contributed by atoms with Gasteiger partial charge < -0.3 is 11.1 Å². The third-order valence-corrected chi connectivity index (χ3v) is 6.42. The van der Waals surface area contributed by atoms with E-state index in [0.717, 1.165) is 36.5 Å². The lowest BCUT2D eigenvalue weighted by Crippen LogP contribution is -2.53. The molecule has 1 amide bonds. The second kappa shape index (κ2) is 5.88. The Morgan fingerprint density at radius 3 is 2.30 bits per heavy atom. The topological polar surface area (TPSA) is 55.1 Å². The summed E-state index contributed by atoms with van der Waals surface area (Å²) < 4.78 is 0. The highest BCUT2D eigenvalue weighted by molar-refractivity contribution is 7.98. The molecule has 0 saturated heterocycles. The van der Waals surface area contributed by atoms with Gasteiger partial charge in [-0.05, 0) is 80.1 Å². The van der Waals surface area contributed by atoms with Crippen LogP contribution in [-0.2, 0) is 4.79 Å². The Labute approximate surface area is 126 Å². The molecule has 3 nitrogen and oxygen atoms in total. The van der Waals surface area contributed by atoms with Crippen LogP contribution in [0.4, 0.5) is 0 Å². The Bertz CT molecular complexity index is 336. The number of hydrogen-bond acceptors (Lipinski definition) is 3. The van der Waals surface area contributed by atoms with Gasteiger partial charge in [-0.15, -0.1) is 0 Å². The number of amides is 1. The summed E-state index contributed by atoms with van der Waals surface area (Å²) >= 11 is 1.75. The van der Waals surface area contributed by atoms with Crippen molar-refractivity contribution in [3.63, 3.8) is 0 Å². The summed E-state index contributed by atoms with van der Waals surface area (Å²) in [6, 6.07) is -0.323. The molecule has 0 aromatic carbocycles. The minimum absolute atomic E-state index is 0.0646. The first kappa shape index (κ1) is 14.7. The smallest absolute Gasteiger partial charge is 0.236 e. The summed E-state index contributed by atoms with van der Waals surface area (Å²) in [6.07, 6.45) is 11.3. The lowest BCUT2D eigenvalue weighted by molar-refractivity contribution is -0.124. The van der Waals surface area contributed by atoms with E-state index in [2.05, 4.69) is 11.6 Å². The largest absolute Gasteiger partial charge is 0.354 e. The number of hydrogen-bond donors (Lipinski definition) is 2. The Balaban J connectivity index is 1.52. The van der Waals surface area contributed by atoms with Crippen molar-refractivity contribution in [2.75, 3.05) is 18.6 Å². The fourth-order valence-electron chi connectivity index (χ4n) is 5.29. The molecule has 4 fully saturated rings. The molecule has 20 heavy (non-hydrogen) atoms. The molecule has 4 aliphatic carbocycles. The third kappa shape index (κ3) is 3.01. The molecule has 4 rings (SSSR count). The molecule has 0 aromatic heterocycles. The zero-order valence-electron chi connectivity index (χ0n) is 12.6. The number of nitrogens with one attached hydrogen (secondary N) is 1. The van der Waals surface area contributed by atoms with Crippen molar-refractivity contribution in [1.29, 1.82) is 0 Å². The number of carbonyl (C=O) groups excluding carboxylic acids is 1. The monoisotopic (exact) mass is 296 g/mol. The lowest BCUT2D eigenvalue weighted by Gasteiger charge is -2.57. The van der Waals surface area contributed by atoms with E-state index in [4.69, 9.17) is 5.73 Å². The van der Waals surface area contributed by atoms with E-state index in [0.29, 0.717) is 5.41 Å². The summed E-state index contributed by atoms with van der Waals surface area (Å²) in [5.41, 5.74) is 6.38. The molecular formula is C16H28N2OS. The molecule has 0 spiro atoms. The first-order valence-corrected chi connectivity index (χ1v) is 9.52. The molecule has 0 aromatic rings. The van der Waals surface area contributed by atoms with Crippen molar-refractivity contribution in [2.24, 2.45) is 28.9 Å². The highest BCUT2D eigenvalue weighted by Crippen LogP contribution is 2.59. The van der Waals surface area contributed by atoms with Crippen molar-refractivity contribution in [1.82, 2.24) is 5.32 Å². The van der Waals surface area contributed by atoms with E-state index < -0.39 is 0 Å². The Morgan fingerprint density at radius 1 is 1.25 bits per heavy atom. The maximum atomic E-state index is 12.1. The van der Waals surface area contributed by atoms with Gasteiger partial charge in [0, 0.05) is 6.54 Å². The molecule has 0 aliphatic heterocycles. The second-order valence-electron chi connectivity index (χ2n) is 7.52.